The molecule has 0 aliphatic carbocycles. The first-order chi connectivity index (χ1) is 10.1. The number of rotatable bonds is 7. The zero-order valence-electron chi connectivity index (χ0n) is 13.7. The van der Waals surface area contributed by atoms with E-state index in [0.29, 0.717) is 18.1 Å². The average Bonchev–Trinajstić information content (AvgIpc) is 3.01. The van der Waals surface area contributed by atoms with E-state index in [-0.39, 0.29) is 0 Å². The fourth-order valence-electron chi connectivity index (χ4n) is 3.25. The molecule has 0 spiro atoms. The van der Waals surface area contributed by atoms with Crippen molar-refractivity contribution in [2.24, 2.45) is 5.92 Å². The van der Waals surface area contributed by atoms with Crippen LogP contribution in [0.1, 0.15) is 45.0 Å². The number of nitrogens with one attached hydrogen (secondary N) is 1. The summed E-state index contributed by atoms with van der Waals surface area (Å²) in [6.07, 6.45) is 3.50. The Hall–Kier alpha value is -0.580. The number of nitrogens with zero attached hydrogens (tertiary/aromatic N) is 2. The molecule has 1 saturated heterocycles. The number of aryl methyl sites for hydroxylation is 2. The highest BCUT2D eigenvalue weighted by atomic mass is 35.5. The maximum Gasteiger partial charge on any atom is 0.0847 e. The molecule has 1 N–H and O–H groups in total. The molecule has 1 aliphatic rings. The van der Waals surface area contributed by atoms with Gasteiger partial charge in [-0.05, 0) is 40.2 Å². The molecule has 3 atom stereocenters. The van der Waals surface area contributed by atoms with Gasteiger partial charge in [0.2, 0.25) is 0 Å². The molecule has 0 bridgehead atoms. The van der Waals surface area contributed by atoms with E-state index in [1.54, 1.807) is 0 Å². The summed E-state index contributed by atoms with van der Waals surface area (Å²) >= 11 is 6.47. The number of hydrogen-bond acceptors (Lipinski definition) is 3. The molecule has 0 saturated carbocycles. The third kappa shape index (κ3) is 3.79. The van der Waals surface area contributed by atoms with Gasteiger partial charge in [0, 0.05) is 31.5 Å². The Labute approximate surface area is 133 Å². The summed E-state index contributed by atoms with van der Waals surface area (Å²) in [4.78, 5) is 0. The molecule has 0 radical (unpaired) electrons. The summed E-state index contributed by atoms with van der Waals surface area (Å²) in [7, 11) is 0. The van der Waals surface area contributed by atoms with Crippen LogP contribution in [0.3, 0.4) is 0 Å². The second-order valence-electron chi connectivity index (χ2n) is 5.96. The smallest absolute Gasteiger partial charge is 0.0847 e. The lowest BCUT2D eigenvalue weighted by Gasteiger charge is -2.27. The quantitative estimate of drug-likeness (QED) is 0.840. The first kappa shape index (κ1) is 16.8. The van der Waals surface area contributed by atoms with Crippen molar-refractivity contribution in [2.45, 2.75) is 65.6 Å². The van der Waals surface area contributed by atoms with Crippen molar-refractivity contribution in [1.29, 1.82) is 0 Å². The Balaban J connectivity index is 2.18. The van der Waals surface area contributed by atoms with E-state index >= 15 is 0 Å². The molecule has 21 heavy (non-hydrogen) atoms. The van der Waals surface area contributed by atoms with Crippen molar-refractivity contribution in [2.75, 3.05) is 13.2 Å². The zero-order valence-corrected chi connectivity index (χ0v) is 14.4. The van der Waals surface area contributed by atoms with Gasteiger partial charge in [0.1, 0.15) is 0 Å². The molecule has 1 aromatic rings. The molecule has 1 aromatic heterocycles. The van der Waals surface area contributed by atoms with Gasteiger partial charge in [-0.2, -0.15) is 5.10 Å². The Morgan fingerprint density at radius 2 is 2.24 bits per heavy atom. The minimum atomic E-state index is 0.317. The molecule has 120 valence electrons. The van der Waals surface area contributed by atoms with Crippen LogP contribution >= 0.6 is 11.6 Å². The van der Waals surface area contributed by atoms with E-state index in [1.165, 1.54) is 0 Å². The van der Waals surface area contributed by atoms with E-state index in [9.17, 15) is 0 Å². The molecule has 3 unspecified atom stereocenters. The van der Waals surface area contributed by atoms with Gasteiger partial charge in [-0.3, -0.25) is 4.68 Å². The first-order valence-corrected chi connectivity index (χ1v) is 8.53. The molecule has 4 nitrogen and oxygen atoms in total. The fourth-order valence-corrected chi connectivity index (χ4v) is 3.47. The van der Waals surface area contributed by atoms with Crippen molar-refractivity contribution in [3.8, 4) is 0 Å². The molecule has 1 aliphatic heterocycles. The lowest BCUT2D eigenvalue weighted by molar-refractivity contribution is 0.0951. The van der Waals surface area contributed by atoms with E-state index in [4.69, 9.17) is 16.3 Å². The van der Waals surface area contributed by atoms with Gasteiger partial charge in [0.25, 0.3) is 0 Å². The number of halogens is 1. The van der Waals surface area contributed by atoms with Crippen molar-refractivity contribution >= 4 is 11.6 Å². The van der Waals surface area contributed by atoms with Gasteiger partial charge in [0.15, 0.2) is 0 Å². The molecule has 0 amide bonds. The van der Waals surface area contributed by atoms with Crippen LogP contribution in [0.4, 0.5) is 0 Å². The molecular weight excluding hydrogens is 286 g/mol. The Morgan fingerprint density at radius 1 is 1.48 bits per heavy atom. The topological polar surface area (TPSA) is 39.1 Å². The molecule has 0 aromatic carbocycles. The Morgan fingerprint density at radius 3 is 2.81 bits per heavy atom. The van der Waals surface area contributed by atoms with E-state index < -0.39 is 0 Å². The largest absolute Gasteiger partial charge is 0.378 e. The SMILES string of the molecule is CCCNC(Cc1c(Cl)c(C)nn1CC)C1CCOC1C. The van der Waals surface area contributed by atoms with Gasteiger partial charge in [-0.15, -0.1) is 0 Å². The normalized spacial score (nSPS) is 23.7. The molecule has 2 rings (SSSR count). The standard InChI is InChI=1S/C16H28ClN3O/c1-5-8-18-14(13-7-9-21-12(13)4)10-15-16(17)11(3)19-20(15)6-2/h12-14,18H,5-10H2,1-4H3. The minimum Gasteiger partial charge on any atom is -0.378 e. The predicted octanol–water partition coefficient (Wildman–Crippen LogP) is 3.20. The lowest BCUT2D eigenvalue weighted by Crippen LogP contribution is -2.41. The second-order valence-corrected chi connectivity index (χ2v) is 6.33. The highest BCUT2D eigenvalue weighted by Crippen LogP contribution is 2.29. The number of aromatic nitrogens is 2. The number of hydrogen-bond donors (Lipinski definition) is 1. The second kappa shape index (κ2) is 7.61. The van der Waals surface area contributed by atoms with Crippen molar-refractivity contribution in [3.63, 3.8) is 0 Å². The van der Waals surface area contributed by atoms with Crippen LogP contribution in [0.2, 0.25) is 5.02 Å². The summed E-state index contributed by atoms with van der Waals surface area (Å²) in [5, 5.41) is 9.06. The van der Waals surface area contributed by atoms with Crippen molar-refractivity contribution < 1.29 is 4.74 Å². The Bertz CT molecular complexity index is 461. The maximum atomic E-state index is 6.47. The lowest BCUT2D eigenvalue weighted by atomic mass is 9.90. The van der Waals surface area contributed by atoms with Crippen LogP contribution in [0, 0.1) is 12.8 Å². The fraction of sp³-hybridized carbons (Fsp3) is 0.812. The van der Waals surface area contributed by atoms with Crippen molar-refractivity contribution in [1.82, 2.24) is 15.1 Å². The van der Waals surface area contributed by atoms with Crippen LogP contribution in [-0.4, -0.2) is 35.1 Å². The van der Waals surface area contributed by atoms with Crippen LogP contribution in [0.5, 0.6) is 0 Å². The van der Waals surface area contributed by atoms with Crippen molar-refractivity contribution in [3.05, 3.63) is 16.4 Å². The van der Waals surface area contributed by atoms with E-state index in [2.05, 4.69) is 31.2 Å². The van der Waals surface area contributed by atoms with Gasteiger partial charge >= 0.3 is 0 Å². The van der Waals surface area contributed by atoms with Crippen LogP contribution in [0.15, 0.2) is 0 Å². The third-order valence-electron chi connectivity index (χ3n) is 4.47. The molecular formula is C16H28ClN3O. The maximum absolute atomic E-state index is 6.47. The summed E-state index contributed by atoms with van der Waals surface area (Å²) in [6, 6.07) is 0.404. The highest BCUT2D eigenvalue weighted by Gasteiger charge is 2.32. The van der Waals surface area contributed by atoms with Crippen LogP contribution < -0.4 is 5.32 Å². The van der Waals surface area contributed by atoms with Gasteiger partial charge in [0.05, 0.1) is 22.5 Å². The van der Waals surface area contributed by atoms with E-state index in [0.717, 1.165) is 55.4 Å². The van der Waals surface area contributed by atoms with Gasteiger partial charge in [-0.25, -0.2) is 0 Å². The number of ether oxygens (including phenoxy) is 1. The monoisotopic (exact) mass is 313 g/mol. The minimum absolute atomic E-state index is 0.317. The van der Waals surface area contributed by atoms with Crippen LogP contribution in [-0.2, 0) is 17.7 Å². The van der Waals surface area contributed by atoms with Gasteiger partial charge in [-0.1, -0.05) is 18.5 Å². The summed E-state index contributed by atoms with van der Waals surface area (Å²) < 4.78 is 7.80. The Kier molecular flexibility index (Phi) is 6.08. The summed E-state index contributed by atoms with van der Waals surface area (Å²) in [6.45, 7) is 11.2. The van der Waals surface area contributed by atoms with E-state index in [1.807, 2.05) is 11.6 Å². The van der Waals surface area contributed by atoms with Gasteiger partial charge < -0.3 is 10.1 Å². The molecule has 1 fully saturated rings. The zero-order chi connectivity index (χ0) is 15.4. The average molecular weight is 314 g/mol. The summed E-state index contributed by atoms with van der Waals surface area (Å²) in [5.74, 6) is 0.549. The molecule has 2 heterocycles. The highest BCUT2D eigenvalue weighted by molar-refractivity contribution is 6.31. The predicted molar refractivity (Wildman–Crippen MR) is 87.0 cm³/mol. The first-order valence-electron chi connectivity index (χ1n) is 8.15. The third-order valence-corrected chi connectivity index (χ3v) is 4.97. The summed E-state index contributed by atoms with van der Waals surface area (Å²) in [5.41, 5.74) is 2.09. The van der Waals surface area contributed by atoms with Crippen LogP contribution in [0.25, 0.3) is 0 Å². The molecule has 5 heteroatoms.